The number of nitrogens with one attached hydrogen (secondary N) is 1. The zero-order chi connectivity index (χ0) is 12.8. The lowest BCUT2D eigenvalue weighted by atomic mass is 10.0. The molecule has 1 aliphatic rings. The highest BCUT2D eigenvalue weighted by Crippen LogP contribution is 2.15. The molecule has 0 spiro atoms. The second-order valence-corrected chi connectivity index (χ2v) is 5.31. The quantitative estimate of drug-likeness (QED) is 0.856. The number of halogens is 1. The third-order valence-electron chi connectivity index (χ3n) is 3.37. The Kier molecular flexibility index (Phi) is 5.45. The molecule has 1 atom stereocenters. The zero-order valence-electron chi connectivity index (χ0n) is 10.6. The Morgan fingerprint density at radius 3 is 2.83 bits per heavy atom. The highest BCUT2D eigenvalue weighted by molar-refractivity contribution is 6.30. The van der Waals surface area contributed by atoms with Crippen molar-refractivity contribution in [2.75, 3.05) is 26.2 Å². The smallest absolute Gasteiger partial charge is 0.0556 e. The fraction of sp³-hybridized carbons (Fsp3) is 0.571. The highest BCUT2D eigenvalue weighted by Gasteiger charge is 2.18. The van der Waals surface area contributed by atoms with Gasteiger partial charge < -0.3 is 10.4 Å². The average molecular weight is 269 g/mol. The molecule has 4 heteroatoms. The van der Waals surface area contributed by atoms with E-state index in [0.29, 0.717) is 12.6 Å². The number of piperidine rings is 1. The van der Waals surface area contributed by atoms with Crippen LogP contribution in [0.15, 0.2) is 24.3 Å². The molecule has 2 rings (SSSR count). The first-order valence-electron chi connectivity index (χ1n) is 6.59. The minimum Gasteiger partial charge on any atom is -0.395 e. The summed E-state index contributed by atoms with van der Waals surface area (Å²) in [5, 5.41) is 13.0. The van der Waals surface area contributed by atoms with Crippen molar-refractivity contribution >= 4 is 11.6 Å². The Bertz CT molecular complexity index is 355. The molecule has 1 saturated heterocycles. The average Bonchev–Trinajstić information content (AvgIpc) is 2.40. The molecule has 18 heavy (non-hydrogen) atoms. The molecule has 1 unspecified atom stereocenters. The van der Waals surface area contributed by atoms with Crippen molar-refractivity contribution in [1.29, 1.82) is 0 Å². The molecule has 2 N–H and O–H groups in total. The molecule has 1 aliphatic heterocycles. The summed E-state index contributed by atoms with van der Waals surface area (Å²) in [5.74, 6) is 0. The molecule has 0 bridgehead atoms. The lowest BCUT2D eigenvalue weighted by Crippen LogP contribution is -2.46. The van der Waals surface area contributed by atoms with Gasteiger partial charge in [0.1, 0.15) is 0 Å². The van der Waals surface area contributed by atoms with Crippen molar-refractivity contribution in [2.24, 2.45) is 0 Å². The van der Waals surface area contributed by atoms with E-state index in [9.17, 15) is 0 Å². The maximum absolute atomic E-state index is 8.84. The fourth-order valence-electron chi connectivity index (χ4n) is 2.48. The second kappa shape index (κ2) is 7.10. The van der Waals surface area contributed by atoms with Gasteiger partial charge in [-0.25, -0.2) is 0 Å². The van der Waals surface area contributed by atoms with E-state index < -0.39 is 0 Å². The Labute approximate surface area is 114 Å². The maximum atomic E-state index is 8.84. The molecule has 100 valence electrons. The van der Waals surface area contributed by atoms with E-state index in [-0.39, 0.29) is 6.61 Å². The van der Waals surface area contributed by atoms with Crippen LogP contribution in [0.1, 0.15) is 18.4 Å². The van der Waals surface area contributed by atoms with Crippen LogP contribution in [0.4, 0.5) is 0 Å². The molecular formula is C14H21ClN2O. The van der Waals surface area contributed by atoms with Crippen LogP contribution in [-0.2, 0) is 6.54 Å². The Morgan fingerprint density at radius 2 is 2.11 bits per heavy atom. The van der Waals surface area contributed by atoms with Gasteiger partial charge in [-0.1, -0.05) is 23.7 Å². The number of aliphatic hydroxyl groups excluding tert-OH is 1. The van der Waals surface area contributed by atoms with Gasteiger partial charge in [-0.2, -0.15) is 0 Å². The summed E-state index contributed by atoms with van der Waals surface area (Å²) < 4.78 is 0. The van der Waals surface area contributed by atoms with E-state index in [2.05, 4.69) is 22.3 Å². The number of rotatable bonds is 5. The number of hydrogen-bond acceptors (Lipinski definition) is 3. The van der Waals surface area contributed by atoms with Crippen LogP contribution in [0.25, 0.3) is 0 Å². The minimum absolute atomic E-state index is 0.216. The van der Waals surface area contributed by atoms with Crippen molar-refractivity contribution in [2.45, 2.75) is 25.4 Å². The van der Waals surface area contributed by atoms with Gasteiger partial charge in [-0.3, -0.25) is 4.90 Å². The van der Waals surface area contributed by atoms with Crippen molar-refractivity contribution in [3.05, 3.63) is 34.9 Å². The number of benzene rings is 1. The molecule has 0 aliphatic carbocycles. The van der Waals surface area contributed by atoms with Crippen LogP contribution in [0.3, 0.4) is 0 Å². The summed E-state index contributed by atoms with van der Waals surface area (Å²) in [7, 11) is 0. The van der Waals surface area contributed by atoms with E-state index in [4.69, 9.17) is 16.7 Å². The van der Waals surface area contributed by atoms with Crippen LogP contribution >= 0.6 is 11.6 Å². The highest BCUT2D eigenvalue weighted by atomic mass is 35.5. The summed E-state index contributed by atoms with van der Waals surface area (Å²) in [5.41, 5.74) is 1.31. The van der Waals surface area contributed by atoms with Crippen LogP contribution < -0.4 is 5.32 Å². The third-order valence-corrected chi connectivity index (χ3v) is 3.62. The van der Waals surface area contributed by atoms with Crippen LogP contribution in [0.2, 0.25) is 5.02 Å². The number of nitrogens with zero attached hydrogens (tertiary/aromatic N) is 1. The minimum atomic E-state index is 0.216. The molecular weight excluding hydrogens is 248 g/mol. The van der Waals surface area contributed by atoms with Crippen molar-refractivity contribution in [3.8, 4) is 0 Å². The maximum Gasteiger partial charge on any atom is 0.0556 e. The van der Waals surface area contributed by atoms with Gasteiger partial charge in [0.25, 0.3) is 0 Å². The molecule has 0 aromatic heterocycles. The largest absolute Gasteiger partial charge is 0.395 e. The zero-order valence-corrected chi connectivity index (χ0v) is 11.4. The Hall–Kier alpha value is -0.610. The third kappa shape index (κ3) is 4.25. The SMILES string of the molecule is OCCNC1CCCN(Cc2ccc(Cl)cc2)C1. The first-order chi connectivity index (χ1) is 8.78. The second-order valence-electron chi connectivity index (χ2n) is 4.88. The fourth-order valence-corrected chi connectivity index (χ4v) is 2.61. The monoisotopic (exact) mass is 268 g/mol. The number of aliphatic hydroxyl groups is 1. The molecule has 0 radical (unpaired) electrons. The van der Waals surface area contributed by atoms with Gasteiger partial charge in [0.05, 0.1) is 6.61 Å². The Morgan fingerprint density at radius 1 is 1.33 bits per heavy atom. The molecule has 1 aromatic rings. The molecule has 0 amide bonds. The summed E-state index contributed by atoms with van der Waals surface area (Å²) in [6.07, 6.45) is 2.42. The van der Waals surface area contributed by atoms with E-state index in [0.717, 1.165) is 24.7 Å². The van der Waals surface area contributed by atoms with E-state index >= 15 is 0 Å². The van der Waals surface area contributed by atoms with Gasteiger partial charge in [-0.15, -0.1) is 0 Å². The van der Waals surface area contributed by atoms with Gasteiger partial charge in [0.15, 0.2) is 0 Å². The molecule has 3 nitrogen and oxygen atoms in total. The Balaban J connectivity index is 1.83. The normalized spacial score (nSPS) is 21.1. The topological polar surface area (TPSA) is 35.5 Å². The van der Waals surface area contributed by atoms with Crippen molar-refractivity contribution in [1.82, 2.24) is 10.2 Å². The van der Waals surface area contributed by atoms with Gasteiger partial charge in [-0.05, 0) is 37.1 Å². The first-order valence-corrected chi connectivity index (χ1v) is 6.97. The van der Waals surface area contributed by atoms with Gasteiger partial charge >= 0.3 is 0 Å². The van der Waals surface area contributed by atoms with E-state index in [1.54, 1.807) is 0 Å². The summed E-state index contributed by atoms with van der Waals surface area (Å²) in [4.78, 5) is 2.46. The van der Waals surface area contributed by atoms with Crippen LogP contribution in [0, 0.1) is 0 Å². The predicted molar refractivity (Wildman–Crippen MR) is 74.8 cm³/mol. The lowest BCUT2D eigenvalue weighted by molar-refractivity contribution is 0.177. The standard InChI is InChI=1S/C14H21ClN2O/c15-13-5-3-12(4-6-13)10-17-8-1-2-14(11-17)16-7-9-18/h3-6,14,16,18H,1-2,7-11H2. The number of hydrogen-bond donors (Lipinski definition) is 2. The van der Waals surface area contributed by atoms with Gasteiger partial charge in [0, 0.05) is 30.7 Å². The summed E-state index contributed by atoms with van der Waals surface area (Å²) in [6.45, 7) is 4.10. The molecule has 1 heterocycles. The van der Waals surface area contributed by atoms with E-state index in [1.807, 2.05) is 12.1 Å². The molecule has 0 saturated carbocycles. The predicted octanol–water partition coefficient (Wildman–Crippen LogP) is 1.89. The van der Waals surface area contributed by atoms with Gasteiger partial charge in [0.2, 0.25) is 0 Å². The van der Waals surface area contributed by atoms with Crippen molar-refractivity contribution < 1.29 is 5.11 Å². The lowest BCUT2D eigenvalue weighted by Gasteiger charge is -2.33. The molecule has 1 fully saturated rings. The first kappa shape index (κ1) is 13.8. The summed E-state index contributed by atoms with van der Waals surface area (Å²) in [6, 6.07) is 8.59. The molecule has 1 aromatic carbocycles. The summed E-state index contributed by atoms with van der Waals surface area (Å²) >= 11 is 5.89. The van der Waals surface area contributed by atoms with Crippen LogP contribution in [-0.4, -0.2) is 42.3 Å². The van der Waals surface area contributed by atoms with Crippen molar-refractivity contribution in [3.63, 3.8) is 0 Å². The number of likely N-dealkylation sites (tertiary alicyclic amines) is 1. The van der Waals surface area contributed by atoms with E-state index in [1.165, 1.54) is 18.4 Å². The van der Waals surface area contributed by atoms with Crippen LogP contribution in [0.5, 0.6) is 0 Å².